The van der Waals surface area contributed by atoms with Gasteiger partial charge in [0.25, 0.3) is 0 Å². The van der Waals surface area contributed by atoms with Crippen LogP contribution >= 0.6 is 0 Å². The van der Waals surface area contributed by atoms with Gasteiger partial charge in [-0.3, -0.25) is 0 Å². The molecule has 1 saturated heterocycles. The predicted molar refractivity (Wildman–Crippen MR) is 76.0 cm³/mol. The van der Waals surface area contributed by atoms with Crippen molar-refractivity contribution in [3.05, 3.63) is 12.4 Å². The Morgan fingerprint density at radius 1 is 1.50 bits per heavy atom. The van der Waals surface area contributed by atoms with Crippen molar-refractivity contribution in [3.63, 3.8) is 0 Å². The number of hydrogen-bond acceptors (Lipinski definition) is 3. The molecule has 2 heterocycles. The summed E-state index contributed by atoms with van der Waals surface area (Å²) < 4.78 is 2.24. The molecule has 1 aliphatic rings. The third-order valence-electron chi connectivity index (χ3n) is 3.60. The standard InChI is InChI=1S/C14H26N4/c1-4-17-9-7-16-14(17)18-8-5-6-13(18)11-15-10-12(2)3/h7,9,12-13,15H,4-6,8,10-11H2,1-3H3. The average Bonchev–Trinajstić information content (AvgIpc) is 2.95. The Morgan fingerprint density at radius 2 is 2.33 bits per heavy atom. The first kappa shape index (κ1) is 13.4. The van der Waals surface area contributed by atoms with Gasteiger partial charge in [0.1, 0.15) is 0 Å². The zero-order valence-electron chi connectivity index (χ0n) is 11.9. The minimum absolute atomic E-state index is 0.608. The topological polar surface area (TPSA) is 33.1 Å². The zero-order chi connectivity index (χ0) is 13.0. The van der Waals surface area contributed by atoms with Crippen LogP contribution in [-0.2, 0) is 6.54 Å². The summed E-state index contributed by atoms with van der Waals surface area (Å²) in [6, 6.07) is 0.608. The van der Waals surface area contributed by atoms with Gasteiger partial charge < -0.3 is 14.8 Å². The molecule has 0 radical (unpaired) electrons. The summed E-state index contributed by atoms with van der Waals surface area (Å²) in [5.74, 6) is 1.86. The Hall–Kier alpha value is -1.03. The van der Waals surface area contributed by atoms with Gasteiger partial charge in [-0.05, 0) is 32.2 Å². The van der Waals surface area contributed by atoms with E-state index in [0.717, 1.165) is 38.0 Å². The van der Waals surface area contributed by atoms with Crippen molar-refractivity contribution in [2.24, 2.45) is 5.92 Å². The predicted octanol–water partition coefficient (Wildman–Crippen LogP) is 2.12. The van der Waals surface area contributed by atoms with Crippen molar-refractivity contribution < 1.29 is 0 Å². The van der Waals surface area contributed by atoms with Crippen LogP contribution in [0.1, 0.15) is 33.6 Å². The van der Waals surface area contributed by atoms with Crippen LogP contribution in [0.25, 0.3) is 0 Å². The highest BCUT2D eigenvalue weighted by Gasteiger charge is 2.26. The lowest BCUT2D eigenvalue weighted by molar-refractivity contribution is 0.507. The fraction of sp³-hybridized carbons (Fsp3) is 0.786. The monoisotopic (exact) mass is 250 g/mol. The molecule has 1 atom stereocenters. The van der Waals surface area contributed by atoms with Crippen molar-refractivity contribution in [2.75, 3.05) is 24.5 Å². The number of imidazole rings is 1. The Kier molecular flexibility index (Phi) is 4.64. The molecule has 1 N–H and O–H groups in total. The molecule has 18 heavy (non-hydrogen) atoms. The highest BCUT2D eigenvalue weighted by Crippen LogP contribution is 2.23. The van der Waals surface area contributed by atoms with E-state index in [1.54, 1.807) is 0 Å². The van der Waals surface area contributed by atoms with Crippen LogP contribution in [0.3, 0.4) is 0 Å². The highest BCUT2D eigenvalue weighted by molar-refractivity contribution is 5.35. The first-order valence-corrected chi connectivity index (χ1v) is 7.20. The van der Waals surface area contributed by atoms with Crippen LogP contribution in [0, 0.1) is 5.92 Å². The summed E-state index contributed by atoms with van der Waals surface area (Å²) in [4.78, 5) is 6.99. The second kappa shape index (κ2) is 6.23. The quantitative estimate of drug-likeness (QED) is 0.839. The summed E-state index contributed by atoms with van der Waals surface area (Å²) in [5, 5.41) is 3.58. The third kappa shape index (κ3) is 3.05. The Balaban J connectivity index is 1.95. The summed E-state index contributed by atoms with van der Waals surface area (Å²) in [5.41, 5.74) is 0. The average molecular weight is 250 g/mol. The number of aryl methyl sites for hydroxylation is 1. The third-order valence-corrected chi connectivity index (χ3v) is 3.60. The summed E-state index contributed by atoms with van der Waals surface area (Å²) in [6.07, 6.45) is 6.55. The number of hydrogen-bond donors (Lipinski definition) is 1. The van der Waals surface area contributed by atoms with E-state index in [4.69, 9.17) is 0 Å². The van der Waals surface area contributed by atoms with Gasteiger partial charge >= 0.3 is 0 Å². The van der Waals surface area contributed by atoms with E-state index in [-0.39, 0.29) is 0 Å². The normalized spacial score (nSPS) is 20.0. The number of anilines is 1. The molecule has 0 amide bonds. The van der Waals surface area contributed by atoms with Crippen molar-refractivity contribution in [1.82, 2.24) is 14.9 Å². The summed E-state index contributed by atoms with van der Waals surface area (Å²) in [7, 11) is 0. The van der Waals surface area contributed by atoms with Gasteiger partial charge in [0, 0.05) is 38.1 Å². The number of rotatable bonds is 6. The van der Waals surface area contributed by atoms with Crippen LogP contribution in [0.15, 0.2) is 12.4 Å². The zero-order valence-corrected chi connectivity index (χ0v) is 11.9. The molecule has 0 spiro atoms. The molecule has 1 unspecified atom stereocenters. The lowest BCUT2D eigenvalue weighted by Gasteiger charge is -2.26. The van der Waals surface area contributed by atoms with Gasteiger partial charge in [-0.15, -0.1) is 0 Å². The van der Waals surface area contributed by atoms with Crippen LogP contribution in [0.4, 0.5) is 5.95 Å². The fourth-order valence-electron chi connectivity index (χ4n) is 2.66. The first-order chi connectivity index (χ1) is 8.72. The largest absolute Gasteiger partial charge is 0.338 e. The maximum atomic E-state index is 4.52. The molecule has 0 saturated carbocycles. The van der Waals surface area contributed by atoms with E-state index in [0.29, 0.717) is 6.04 Å². The molecular weight excluding hydrogens is 224 g/mol. The SMILES string of the molecule is CCn1ccnc1N1CCCC1CNCC(C)C. The lowest BCUT2D eigenvalue weighted by Crippen LogP contribution is -2.40. The summed E-state index contributed by atoms with van der Waals surface area (Å²) >= 11 is 0. The molecule has 0 aliphatic carbocycles. The van der Waals surface area contributed by atoms with Crippen LogP contribution in [-0.4, -0.2) is 35.2 Å². The first-order valence-electron chi connectivity index (χ1n) is 7.20. The minimum Gasteiger partial charge on any atom is -0.338 e. The van der Waals surface area contributed by atoms with Crippen LogP contribution in [0.5, 0.6) is 0 Å². The molecule has 1 aliphatic heterocycles. The van der Waals surface area contributed by atoms with Crippen molar-refractivity contribution >= 4 is 5.95 Å². The molecule has 4 nitrogen and oxygen atoms in total. The minimum atomic E-state index is 0.608. The fourth-order valence-corrected chi connectivity index (χ4v) is 2.66. The van der Waals surface area contributed by atoms with E-state index in [1.165, 1.54) is 12.8 Å². The van der Waals surface area contributed by atoms with Gasteiger partial charge in [-0.1, -0.05) is 13.8 Å². The van der Waals surface area contributed by atoms with Gasteiger partial charge in [0.05, 0.1) is 0 Å². The Labute approximate surface area is 110 Å². The number of nitrogens with zero attached hydrogens (tertiary/aromatic N) is 3. The van der Waals surface area contributed by atoms with Gasteiger partial charge in [-0.25, -0.2) is 4.98 Å². The molecule has 1 aromatic rings. The Bertz CT molecular complexity index is 358. The van der Waals surface area contributed by atoms with Crippen molar-refractivity contribution in [2.45, 2.75) is 46.2 Å². The molecule has 1 aromatic heterocycles. The van der Waals surface area contributed by atoms with Crippen LogP contribution < -0.4 is 10.2 Å². The van der Waals surface area contributed by atoms with E-state index >= 15 is 0 Å². The highest BCUT2D eigenvalue weighted by atomic mass is 15.3. The molecule has 0 aromatic carbocycles. The van der Waals surface area contributed by atoms with E-state index in [2.05, 4.69) is 46.7 Å². The van der Waals surface area contributed by atoms with Gasteiger partial charge in [-0.2, -0.15) is 0 Å². The second-order valence-corrected chi connectivity index (χ2v) is 5.55. The van der Waals surface area contributed by atoms with E-state index < -0.39 is 0 Å². The molecular formula is C14H26N4. The maximum absolute atomic E-state index is 4.52. The van der Waals surface area contributed by atoms with Crippen LogP contribution in [0.2, 0.25) is 0 Å². The van der Waals surface area contributed by atoms with Crippen molar-refractivity contribution in [1.29, 1.82) is 0 Å². The second-order valence-electron chi connectivity index (χ2n) is 5.55. The molecule has 4 heteroatoms. The smallest absolute Gasteiger partial charge is 0.205 e. The number of nitrogens with one attached hydrogen (secondary N) is 1. The molecule has 1 fully saturated rings. The molecule has 102 valence electrons. The van der Waals surface area contributed by atoms with Gasteiger partial charge in [0.2, 0.25) is 5.95 Å². The van der Waals surface area contributed by atoms with Gasteiger partial charge in [0.15, 0.2) is 0 Å². The van der Waals surface area contributed by atoms with E-state index in [9.17, 15) is 0 Å². The molecule has 2 rings (SSSR count). The lowest BCUT2D eigenvalue weighted by atomic mass is 10.2. The maximum Gasteiger partial charge on any atom is 0.205 e. The van der Waals surface area contributed by atoms with Crippen molar-refractivity contribution in [3.8, 4) is 0 Å². The molecule has 0 bridgehead atoms. The Morgan fingerprint density at radius 3 is 3.06 bits per heavy atom. The van der Waals surface area contributed by atoms with E-state index in [1.807, 2.05) is 6.20 Å². The number of aromatic nitrogens is 2. The summed E-state index contributed by atoms with van der Waals surface area (Å²) in [6.45, 7) is 11.0.